The monoisotopic (exact) mass is 228 g/mol. The van der Waals surface area contributed by atoms with E-state index in [1.54, 1.807) is 7.11 Å². The van der Waals surface area contributed by atoms with Crippen LogP contribution in [0.25, 0.3) is 11.3 Å². The molecule has 0 spiro atoms. The number of aryl methyl sites for hydroxylation is 1. The third-order valence-corrected chi connectivity index (χ3v) is 3.42. The van der Waals surface area contributed by atoms with Crippen molar-refractivity contribution in [3.63, 3.8) is 0 Å². The van der Waals surface area contributed by atoms with Gasteiger partial charge in [0.2, 0.25) is 0 Å². The molecule has 1 N–H and O–H groups in total. The zero-order chi connectivity index (χ0) is 11.7. The number of nitrogens with zero attached hydrogens (tertiary/aromatic N) is 1. The summed E-state index contributed by atoms with van der Waals surface area (Å²) in [5.74, 6) is 0.887. The molecule has 1 aliphatic rings. The number of nitrogens with one attached hydrogen (secondary N) is 1. The molecule has 1 aliphatic carbocycles. The molecule has 3 rings (SSSR count). The van der Waals surface area contributed by atoms with E-state index in [0.29, 0.717) is 0 Å². The fourth-order valence-electron chi connectivity index (χ4n) is 2.47. The number of H-pyrrole nitrogens is 1. The van der Waals surface area contributed by atoms with Gasteiger partial charge in [-0.05, 0) is 49.9 Å². The molecule has 1 heterocycles. The Hall–Kier alpha value is -1.77. The van der Waals surface area contributed by atoms with Gasteiger partial charge < -0.3 is 4.74 Å². The molecule has 88 valence electrons. The largest absolute Gasteiger partial charge is 0.497 e. The van der Waals surface area contributed by atoms with E-state index in [9.17, 15) is 0 Å². The van der Waals surface area contributed by atoms with Crippen LogP contribution in [-0.2, 0) is 12.8 Å². The van der Waals surface area contributed by atoms with Crippen LogP contribution in [0, 0.1) is 0 Å². The van der Waals surface area contributed by atoms with Gasteiger partial charge in [-0.3, -0.25) is 5.10 Å². The number of methoxy groups -OCH3 is 1. The van der Waals surface area contributed by atoms with Gasteiger partial charge in [0.25, 0.3) is 0 Å². The SMILES string of the molecule is COc1ccc(-c2n[nH]c3c2CCCC3)cc1. The van der Waals surface area contributed by atoms with E-state index >= 15 is 0 Å². The molecule has 0 atom stereocenters. The molecular weight excluding hydrogens is 212 g/mol. The van der Waals surface area contributed by atoms with Crippen molar-refractivity contribution in [2.45, 2.75) is 25.7 Å². The van der Waals surface area contributed by atoms with Crippen molar-refractivity contribution >= 4 is 0 Å². The van der Waals surface area contributed by atoms with Crippen LogP contribution < -0.4 is 4.74 Å². The normalized spacial score (nSPS) is 14.4. The summed E-state index contributed by atoms with van der Waals surface area (Å²) in [7, 11) is 1.69. The summed E-state index contributed by atoms with van der Waals surface area (Å²) in [6.07, 6.45) is 4.83. The third kappa shape index (κ3) is 1.82. The van der Waals surface area contributed by atoms with E-state index in [1.165, 1.54) is 29.7 Å². The molecule has 0 amide bonds. The number of aromatic nitrogens is 2. The van der Waals surface area contributed by atoms with Gasteiger partial charge in [0.1, 0.15) is 5.75 Å². The Labute approximate surface area is 101 Å². The van der Waals surface area contributed by atoms with E-state index in [4.69, 9.17) is 4.74 Å². The Kier molecular flexibility index (Phi) is 2.59. The first kappa shape index (κ1) is 10.4. The first-order valence-corrected chi connectivity index (χ1v) is 6.09. The lowest BCUT2D eigenvalue weighted by molar-refractivity contribution is 0.415. The molecule has 0 aliphatic heterocycles. The third-order valence-electron chi connectivity index (χ3n) is 3.42. The highest BCUT2D eigenvalue weighted by molar-refractivity contribution is 5.65. The van der Waals surface area contributed by atoms with Crippen molar-refractivity contribution in [3.05, 3.63) is 35.5 Å². The predicted octanol–water partition coefficient (Wildman–Crippen LogP) is 2.96. The topological polar surface area (TPSA) is 37.9 Å². The molecule has 1 aromatic heterocycles. The molecule has 1 aromatic carbocycles. The fourth-order valence-corrected chi connectivity index (χ4v) is 2.47. The van der Waals surface area contributed by atoms with Crippen LogP contribution in [0.15, 0.2) is 24.3 Å². The van der Waals surface area contributed by atoms with Gasteiger partial charge in [-0.25, -0.2) is 0 Å². The maximum absolute atomic E-state index is 5.17. The number of aromatic amines is 1. The highest BCUT2D eigenvalue weighted by atomic mass is 16.5. The summed E-state index contributed by atoms with van der Waals surface area (Å²) in [5, 5.41) is 7.63. The Morgan fingerprint density at radius 2 is 1.88 bits per heavy atom. The van der Waals surface area contributed by atoms with Gasteiger partial charge in [-0.2, -0.15) is 5.10 Å². The van der Waals surface area contributed by atoms with Gasteiger partial charge in [-0.1, -0.05) is 0 Å². The van der Waals surface area contributed by atoms with Crippen LogP contribution in [0.4, 0.5) is 0 Å². The average Bonchev–Trinajstić information content (AvgIpc) is 2.83. The Balaban J connectivity index is 2.00. The van der Waals surface area contributed by atoms with Gasteiger partial charge in [0, 0.05) is 16.8 Å². The smallest absolute Gasteiger partial charge is 0.118 e. The standard InChI is InChI=1S/C14H16N2O/c1-17-11-8-6-10(7-9-11)14-12-4-2-3-5-13(12)15-16-14/h6-9H,2-5H2,1H3,(H,15,16). The van der Waals surface area contributed by atoms with Crippen LogP contribution in [-0.4, -0.2) is 17.3 Å². The maximum Gasteiger partial charge on any atom is 0.118 e. The molecule has 0 unspecified atom stereocenters. The lowest BCUT2D eigenvalue weighted by Crippen LogP contribution is -2.01. The van der Waals surface area contributed by atoms with E-state index in [0.717, 1.165) is 24.3 Å². The highest BCUT2D eigenvalue weighted by Crippen LogP contribution is 2.30. The van der Waals surface area contributed by atoms with Crippen molar-refractivity contribution in [2.75, 3.05) is 7.11 Å². The highest BCUT2D eigenvalue weighted by Gasteiger charge is 2.17. The van der Waals surface area contributed by atoms with Gasteiger partial charge in [-0.15, -0.1) is 0 Å². The van der Waals surface area contributed by atoms with Crippen molar-refractivity contribution in [1.82, 2.24) is 10.2 Å². The average molecular weight is 228 g/mol. The van der Waals surface area contributed by atoms with Crippen LogP contribution in [0.5, 0.6) is 5.75 Å². The number of ether oxygens (including phenoxy) is 1. The number of hydrogen-bond acceptors (Lipinski definition) is 2. The van der Waals surface area contributed by atoms with Crippen LogP contribution >= 0.6 is 0 Å². The van der Waals surface area contributed by atoms with Gasteiger partial charge in [0.05, 0.1) is 12.8 Å². The molecule has 17 heavy (non-hydrogen) atoms. The van der Waals surface area contributed by atoms with Gasteiger partial charge in [0.15, 0.2) is 0 Å². The van der Waals surface area contributed by atoms with E-state index in [2.05, 4.69) is 22.3 Å². The minimum atomic E-state index is 0.887. The van der Waals surface area contributed by atoms with Gasteiger partial charge >= 0.3 is 0 Å². The number of hydrogen-bond donors (Lipinski definition) is 1. The molecular formula is C14H16N2O. The minimum absolute atomic E-state index is 0.887. The summed E-state index contributed by atoms with van der Waals surface area (Å²) in [6, 6.07) is 8.12. The zero-order valence-corrected chi connectivity index (χ0v) is 9.99. The molecule has 0 radical (unpaired) electrons. The molecule has 0 saturated heterocycles. The summed E-state index contributed by atoms with van der Waals surface area (Å²) in [4.78, 5) is 0. The predicted molar refractivity (Wildman–Crippen MR) is 67.2 cm³/mol. The van der Waals surface area contributed by atoms with Crippen molar-refractivity contribution < 1.29 is 4.74 Å². The van der Waals surface area contributed by atoms with Crippen molar-refractivity contribution in [1.29, 1.82) is 0 Å². The summed E-state index contributed by atoms with van der Waals surface area (Å²) in [5.41, 5.74) is 5.01. The lowest BCUT2D eigenvalue weighted by atomic mass is 9.94. The summed E-state index contributed by atoms with van der Waals surface area (Å²) in [6.45, 7) is 0. The second kappa shape index (κ2) is 4.24. The van der Waals surface area contributed by atoms with E-state index < -0.39 is 0 Å². The molecule has 0 fully saturated rings. The van der Waals surface area contributed by atoms with Crippen molar-refractivity contribution in [3.8, 4) is 17.0 Å². The van der Waals surface area contributed by atoms with Crippen LogP contribution in [0.2, 0.25) is 0 Å². The molecule has 0 bridgehead atoms. The molecule has 2 aromatic rings. The summed E-state index contributed by atoms with van der Waals surface area (Å²) >= 11 is 0. The summed E-state index contributed by atoms with van der Waals surface area (Å²) < 4.78 is 5.17. The minimum Gasteiger partial charge on any atom is -0.497 e. The first-order chi connectivity index (χ1) is 8.38. The van der Waals surface area contributed by atoms with Crippen LogP contribution in [0.3, 0.4) is 0 Å². The molecule has 3 heteroatoms. The van der Waals surface area contributed by atoms with E-state index in [1.807, 2.05) is 12.1 Å². The molecule has 0 saturated carbocycles. The Morgan fingerprint density at radius 3 is 2.65 bits per heavy atom. The Morgan fingerprint density at radius 1 is 1.12 bits per heavy atom. The number of rotatable bonds is 2. The van der Waals surface area contributed by atoms with Crippen LogP contribution in [0.1, 0.15) is 24.1 Å². The zero-order valence-electron chi connectivity index (χ0n) is 9.99. The lowest BCUT2D eigenvalue weighted by Gasteiger charge is -2.11. The second-order valence-corrected chi connectivity index (χ2v) is 4.46. The fraction of sp³-hybridized carbons (Fsp3) is 0.357. The Bertz CT molecular complexity index is 514. The first-order valence-electron chi connectivity index (χ1n) is 6.09. The number of fused-ring (bicyclic) bond motifs is 1. The molecule has 3 nitrogen and oxygen atoms in total. The van der Waals surface area contributed by atoms with Crippen molar-refractivity contribution in [2.24, 2.45) is 0 Å². The number of benzene rings is 1. The quantitative estimate of drug-likeness (QED) is 0.858. The maximum atomic E-state index is 5.17. The second-order valence-electron chi connectivity index (χ2n) is 4.46. The van der Waals surface area contributed by atoms with E-state index in [-0.39, 0.29) is 0 Å².